The molecule has 3 heteroatoms. The minimum atomic E-state index is 0. The first-order chi connectivity index (χ1) is 8.79. The molecule has 0 spiro atoms. The van der Waals surface area contributed by atoms with Gasteiger partial charge in [-0.25, -0.2) is 0 Å². The number of hydrogen-bond acceptors (Lipinski definition) is 2. The maximum Gasteiger partial charge on any atom is 0.0317 e. The molecule has 2 rings (SSSR count). The van der Waals surface area contributed by atoms with Crippen molar-refractivity contribution >= 4 is 12.4 Å². The second kappa shape index (κ2) is 8.57. The Balaban J connectivity index is 0.00000180. The molecule has 1 atom stereocenters. The Morgan fingerprint density at radius 2 is 1.84 bits per heavy atom. The molecule has 19 heavy (non-hydrogen) atoms. The molecule has 1 unspecified atom stereocenters. The van der Waals surface area contributed by atoms with E-state index in [0.717, 1.165) is 18.9 Å². The topological polar surface area (TPSA) is 24.1 Å². The van der Waals surface area contributed by atoms with Gasteiger partial charge in [-0.15, -0.1) is 12.4 Å². The zero-order valence-electron chi connectivity index (χ0n) is 12.1. The smallest absolute Gasteiger partial charge is 0.0317 e. The molecule has 1 aromatic rings. The molecule has 0 aromatic heterocycles. The fourth-order valence-electron chi connectivity index (χ4n) is 2.69. The predicted octanol–water partition coefficient (Wildman–Crippen LogP) is 3.46. The summed E-state index contributed by atoms with van der Waals surface area (Å²) in [7, 11) is 0. The highest BCUT2D eigenvalue weighted by Crippen LogP contribution is 2.19. The normalized spacial score (nSPS) is 17.8. The lowest BCUT2D eigenvalue weighted by atomic mass is 9.96. The van der Waals surface area contributed by atoms with Crippen LogP contribution in [0.2, 0.25) is 0 Å². The summed E-state index contributed by atoms with van der Waals surface area (Å²) in [6.07, 6.45) is 3.79. The summed E-state index contributed by atoms with van der Waals surface area (Å²) in [5.41, 5.74) is 2.77. The van der Waals surface area contributed by atoms with Crippen LogP contribution in [0.4, 0.5) is 0 Å². The van der Waals surface area contributed by atoms with Crippen LogP contribution in [0.5, 0.6) is 0 Å². The van der Waals surface area contributed by atoms with Crippen molar-refractivity contribution in [1.29, 1.82) is 0 Å². The maximum atomic E-state index is 3.75. The summed E-state index contributed by atoms with van der Waals surface area (Å²) in [5, 5.41) is 7.17. The van der Waals surface area contributed by atoms with Crippen molar-refractivity contribution in [1.82, 2.24) is 10.6 Å². The van der Waals surface area contributed by atoms with Crippen LogP contribution < -0.4 is 10.6 Å². The summed E-state index contributed by atoms with van der Waals surface area (Å²) >= 11 is 0. The van der Waals surface area contributed by atoms with Crippen LogP contribution in [0.1, 0.15) is 43.4 Å². The molecule has 0 aliphatic carbocycles. The number of nitrogens with one attached hydrogen (secondary N) is 2. The van der Waals surface area contributed by atoms with E-state index in [4.69, 9.17) is 0 Å². The second-order valence-electron chi connectivity index (χ2n) is 5.47. The average molecular weight is 283 g/mol. The molecule has 2 nitrogen and oxygen atoms in total. The molecule has 0 radical (unpaired) electrons. The summed E-state index contributed by atoms with van der Waals surface area (Å²) in [6.45, 7) is 7.95. The van der Waals surface area contributed by atoms with Crippen LogP contribution in [-0.4, -0.2) is 19.6 Å². The lowest BCUT2D eigenvalue weighted by molar-refractivity contribution is 0.338. The molecular formula is C16H27ClN2. The summed E-state index contributed by atoms with van der Waals surface area (Å²) < 4.78 is 0. The highest BCUT2D eigenvalue weighted by atomic mass is 35.5. The molecule has 1 aromatic carbocycles. The Morgan fingerprint density at radius 3 is 2.42 bits per heavy atom. The van der Waals surface area contributed by atoms with Crippen LogP contribution >= 0.6 is 12.4 Å². The molecule has 1 aliphatic rings. The molecule has 2 N–H and O–H groups in total. The Bertz CT molecular complexity index is 344. The minimum absolute atomic E-state index is 0. The van der Waals surface area contributed by atoms with Crippen LogP contribution in [0, 0.1) is 12.8 Å². The quantitative estimate of drug-likeness (QED) is 0.864. The first-order valence-electron chi connectivity index (χ1n) is 7.30. The first-order valence-corrected chi connectivity index (χ1v) is 7.30. The van der Waals surface area contributed by atoms with E-state index >= 15 is 0 Å². The third-order valence-corrected chi connectivity index (χ3v) is 4.00. The minimum Gasteiger partial charge on any atom is -0.317 e. The van der Waals surface area contributed by atoms with E-state index in [9.17, 15) is 0 Å². The van der Waals surface area contributed by atoms with Gasteiger partial charge in [0.1, 0.15) is 0 Å². The third kappa shape index (κ3) is 5.13. The Morgan fingerprint density at radius 1 is 1.21 bits per heavy atom. The maximum absolute atomic E-state index is 3.75. The van der Waals surface area contributed by atoms with Gasteiger partial charge in [0.25, 0.3) is 0 Å². The molecule has 1 saturated heterocycles. The van der Waals surface area contributed by atoms with Crippen molar-refractivity contribution < 1.29 is 0 Å². The van der Waals surface area contributed by atoms with Gasteiger partial charge in [-0.2, -0.15) is 0 Å². The summed E-state index contributed by atoms with van der Waals surface area (Å²) in [5.74, 6) is 0.853. The van der Waals surface area contributed by atoms with Gasteiger partial charge in [0, 0.05) is 6.04 Å². The van der Waals surface area contributed by atoms with Crippen molar-refractivity contribution in [3.05, 3.63) is 35.4 Å². The molecule has 0 bridgehead atoms. The highest BCUT2D eigenvalue weighted by Gasteiger charge is 2.15. The number of aryl methyl sites for hydroxylation is 1. The molecule has 1 heterocycles. The van der Waals surface area contributed by atoms with Crippen LogP contribution in [-0.2, 0) is 0 Å². The average Bonchev–Trinajstić information content (AvgIpc) is 2.42. The predicted molar refractivity (Wildman–Crippen MR) is 85.1 cm³/mol. The monoisotopic (exact) mass is 282 g/mol. The van der Waals surface area contributed by atoms with Crippen LogP contribution in [0.3, 0.4) is 0 Å². The van der Waals surface area contributed by atoms with Gasteiger partial charge < -0.3 is 10.6 Å². The molecule has 108 valence electrons. The fourth-order valence-corrected chi connectivity index (χ4v) is 2.69. The van der Waals surface area contributed by atoms with Gasteiger partial charge in [-0.05, 0) is 57.3 Å². The van der Waals surface area contributed by atoms with E-state index in [2.05, 4.69) is 48.7 Å². The molecule has 1 fully saturated rings. The van der Waals surface area contributed by atoms with Gasteiger partial charge in [0.15, 0.2) is 0 Å². The van der Waals surface area contributed by atoms with Crippen LogP contribution in [0.25, 0.3) is 0 Å². The number of benzene rings is 1. The lowest BCUT2D eigenvalue weighted by Crippen LogP contribution is -2.34. The number of halogens is 1. The van der Waals surface area contributed by atoms with Crippen molar-refractivity contribution in [2.45, 2.75) is 39.2 Å². The number of rotatable bonds is 5. The van der Waals surface area contributed by atoms with Gasteiger partial charge in [0.05, 0.1) is 0 Å². The van der Waals surface area contributed by atoms with E-state index in [1.165, 1.54) is 37.1 Å². The van der Waals surface area contributed by atoms with Gasteiger partial charge >= 0.3 is 0 Å². The van der Waals surface area contributed by atoms with Crippen LogP contribution in [0.15, 0.2) is 24.3 Å². The number of piperidine rings is 1. The third-order valence-electron chi connectivity index (χ3n) is 4.00. The summed E-state index contributed by atoms with van der Waals surface area (Å²) in [6, 6.07) is 9.46. The van der Waals surface area contributed by atoms with E-state index in [-0.39, 0.29) is 12.4 Å². The van der Waals surface area contributed by atoms with Gasteiger partial charge in [-0.3, -0.25) is 0 Å². The zero-order valence-corrected chi connectivity index (χ0v) is 12.9. The molecule has 0 amide bonds. The van der Waals surface area contributed by atoms with Crippen molar-refractivity contribution in [3.8, 4) is 0 Å². The molecule has 0 saturated carbocycles. The Kier molecular flexibility index (Phi) is 7.44. The zero-order chi connectivity index (χ0) is 12.8. The van der Waals surface area contributed by atoms with Crippen molar-refractivity contribution in [2.75, 3.05) is 19.6 Å². The van der Waals surface area contributed by atoms with E-state index in [1.807, 2.05) is 0 Å². The van der Waals surface area contributed by atoms with Crippen molar-refractivity contribution in [2.24, 2.45) is 5.92 Å². The fraction of sp³-hybridized carbons (Fsp3) is 0.625. The van der Waals surface area contributed by atoms with Crippen molar-refractivity contribution in [3.63, 3.8) is 0 Å². The van der Waals surface area contributed by atoms with E-state index < -0.39 is 0 Å². The van der Waals surface area contributed by atoms with E-state index in [1.54, 1.807) is 0 Å². The highest BCUT2D eigenvalue weighted by molar-refractivity contribution is 5.85. The SMILES string of the molecule is CCC(NCC1CCNCC1)c1ccc(C)cc1.Cl. The summed E-state index contributed by atoms with van der Waals surface area (Å²) in [4.78, 5) is 0. The Hall–Kier alpha value is -0.570. The largest absolute Gasteiger partial charge is 0.317 e. The Labute approximate surface area is 123 Å². The van der Waals surface area contributed by atoms with Gasteiger partial charge in [-0.1, -0.05) is 36.8 Å². The standard InChI is InChI=1S/C16H26N2.ClH/c1-3-16(15-6-4-13(2)5-7-15)18-12-14-8-10-17-11-9-14;/h4-7,14,16-18H,3,8-12H2,1-2H3;1H. The lowest BCUT2D eigenvalue weighted by Gasteiger charge is -2.26. The molecular weight excluding hydrogens is 256 g/mol. The first kappa shape index (κ1) is 16.5. The van der Waals surface area contributed by atoms with Gasteiger partial charge in [0.2, 0.25) is 0 Å². The molecule has 1 aliphatic heterocycles. The number of hydrogen-bond donors (Lipinski definition) is 2. The second-order valence-corrected chi connectivity index (χ2v) is 5.47. The van der Waals surface area contributed by atoms with E-state index in [0.29, 0.717) is 6.04 Å².